The van der Waals surface area contributed by atoms with Gasteiger partial charge in [-0.15, -0.1) is 0 Å². The van der Waals surface area contributed by atoms with Crippen LogP contribution in [0.4, 0.5) is 0 Å². The fourth-order valence-electron chi connectivity index (χ4n) is 3.44. The van der Waals surface area contributed by atoms with Crippen molar-refractivity contribution in [3.05, 3.63) is 63.6 Å². The normalized spacial score (nSPS) is 19.0. The number of carbonyl (C=O) groups excluding carboxylic acids is 2. The van der Waals surface area contributed by atoms with Crippen LogP contribution in [0.15, 0.2) is 41.3 Å². The third-order valence-corrected chi connectivity index (χ3v) is 5.55. The summed E-state index contributed by atoms with van der Waals surface area (Å²) < 4.78 is 6.73. The Kier molecular flexibility index (Phi) is 5.68. The Bertz CT molecular complexity index is 963. The largest absolute Gasteiger partial charge is 0.497 e. The number of aromatic nitrogens is 1. The molecule has 1 aromatic heterocycles. The second kappa shape index (κ2) is 8.00. The molecule has 148 valence electrons. The number of hydrogen-bond acceptors (Lipinski definition) is 4. The van der Waals surface area contributed by atoms with E-state index in [-0.39, 0.29) is 17.4 Å². The monoisotopic (exact) mass is 382 g/mol. The number of Topliss-reactive ketones (excluding diaryl/α,β-unsaturated/α-hetero) is 1. The summed E-state index contributed by atoms with van der Waals surface area (Å²) in [5.74, 6) is 1.10. The molecule has 6 heteroatoms. The van der Waals surface area contributed by atoms with Gasteiger partial charge in [-0.1, -0.05) is 19.1 Å². The van der Waals surface area contributed by atoms with Crippen molar-refractivity contribution in [3.8, 4) is 5.75 Å². The molecule has 1 N–H and O–H groups in total. The number of nitrogens with zero attached hydrogens (tertiary/aromatic N) is 1. The number of rotatable bonds is 7. The summed E-state index contributed by atoms with van der Waals surface area (Å²) in [6.07, 6.45) is 3.07. The van der Waals surface area contributed by atoms with Crippen molar-refractivity contribution in [1.29, 1.82) is 0 Å². The Hall–Kier alpha value is -2.89. The van der Waals surface area contributed by atoms with Gasteiger partial charge in [0.25, 0.3) is 11.5 Å². The van der Waals surface area contributed by atoms with Crippen molar-refractivity contribution in [1.82, 2.24) is 9.88 Å². The lowest BCUT2D eigenvalue weighted by Gasteiger charge is -2.18. The van der Waals surface area contributed by atoms with Crippen molar-refractivity contribution in [3.63, 3.8) is 0 Å². The molecule has 6 nitrogen and oxygen atoms in total. The molecule has 0 saturated heterocycles. The van der Waals surface area contributed by atoms with Crippen LogP contribution >= 0.6 is 0 Å². The van der Waals surface area contributed by atoms with Crippen LogP contribution in [-0.2, 0) is 0 Å². The molecule has 1 amide bonds. The number of benzene rings is 1. The maximum absolute atomic E-state index is 13.0. The molecule has 0 aliphatic heterocycles. The molecule has 3 rings (SSSR count). The first-order chi connectivity index (χ1) is 13.3. The topological polar surface area (TPSA) is 77.4 Å². The van der Waals surface area contributed by atoms with Gasteiger partial charge in [0.2, 0.25) is 0 Å². The highest BCUT2D eigenvalue weighted by molar-refractivity contribution is 6.00. The highest BCUT2D eigenvalue weighted by Gasteiger charge is 2.34. The second-order valence-corrected chi connectivity index (χ2v) is 7.49. The molecule has 2 aromatic rings. The van der Waals surface area contributed by atoms with E-state index >= 15 is 0 Å². The lowest BCUT2D eigenvalue weighted by atomic mass is 10.0. The lowest BCUT2D eigenvalue weighted by Crippen LogP contribution is -2.33. The van der Waals surface area contributed by atoms with Crippen molar-refractivity contribution in [2.45, 2.75) is 32.7 Å². The maximum Gasteiger partial charge on any atom is 0.263 e. The Morgan fingerprint density at radius 2 is 2.04 bits per heavy atom. The highest BCUT2D eigenvalue weighted by atomic mass is 16.5. The molecule has 1 heterocycles. The predicted molar refractivity (Wildman–Crippen MR) is 107 cm³/mol. The second-order valence-electron chi connectivity index (χ2n) is 7.49. The summed E-state index contributed by atoms with van der Waals surface area (Å²) in [7, 11) is 3.05. The zero-order valence-electron chi connectivity index (χ0n) is 16.7. The standard InChI is InChI=1S/C22H26N2O4/c1-13-8-16(13)11-20(25)17-10-19(21(26)23-3)22(27)24(12-17)14(2)15-6-5-7-18(9-15)28-4/h5-7,9-10,12-14,16H,8,11H2,1-4H3,(H,23,26)/t13-,14-,16+/m0/s1. The summed E-state index contributed by atoms with van der Waals surface area (Å²) in [5, 5.41) is 2.49. The Morgan fingerprint density at radius 3 is 2.64 bits per heavy atom. The molecule has 1 aromatic carbocycles. The zero-order valence-corrected chi connectivity index (χ0v) is 16.7. The highest BCUT2D eigenvalue weighted by Crippen LogP contribution is 2.41. The van der Waals surface area contributed by atoms with Gasteiger partial charge >= 0.3 is 0 Å². The van der Waals surface area contributed by atoms with Crippen LogP contribution in [0.5, 0.6) is 5.75 Å². The first-order valence-electron chi connectivity index (χ1n) is 9.51. The number of amides is 1. The zero-order chi connectivity index (χ0) is 20.4. The molecule has 1 fully saturated rings. The first kappa shape index (κ1) is 19.9. The van der Waals surface area contributed by atoms with Gasteiger partial charge in [-0.05, 0) is 48.9 Å². The van der Waals surface area contributed by atoms with Crippen LogP contribution in [0.25, 0.3) is 0 Å². The number of ether oxygens (including phenoxy) is 1. The molecule has 0 radical (unpaired) electrons. The Morgan fingerprint density at radius 1 is 1.32 bits per heavy atom. The summed E-state index contributed by atoms with van der Waals surface area (Å²) in [6.45, 7) is 3.99. The molecule has 0 spiro atoms. The average molecular weight is 382 g/mol. The maximum atomic E-state index is 13.0. The third-order valence-electron chi connectivity index (χ3n) is 5.55. The van der Waals surface area contributed by atoms with Crippen molar-refractivity contribution >= 4 is 11.7 Å². The van der Waals surface area contributed by atoms with E-state index in [1.807, 2.05) is 31.2 Å². The minimum atomic E-state index is -0.494. The van der Waals surface area contributed by atoms with Crippen molar-refractivity contribution < 1.29 is 14.3 Å². The van der Waals surface area contributed by atoms with Gasteiger partial charge in [-0.3, -0.25) is 14.4 Å². The van der Waals surface area contributed by atoms with E-state index in [4.69, 9.17) is 4.74 Å². The van der Waals surface area contributed by atoms with Crippen LogP contribution < -0.4 is 15.6 Å². The van der Waals surface area contributed by atoms with Crippen molar-refractivity contribution in [2.24, 2.45) is 11.8 Å². The van der Waals surface area contributed by atoms with Crippen LogP contribution in [0.2, 0.25) is 0 Å². The summed E-state index contributed by atoms with van der Waals surface area (Å²) in [4.78, 5) is 38.0. The smallest absolute Gasteiger partial charge is 0.263 e. The summed E-state index contributed by atoms with van der Waals surface area (Å²) in [5.41, 5.74) is 0.801. The van der Waals surface area contributed by atoms with E-state index in [9.17, 15) is 14.4 Å². The van der Waals surface area contributed by atoms with Crippen LogP contribution in [0, 0.1) is 11.8 Å². The number of methoxy groups -OCH3 is 1. The predicted octanol–water partition coefficient (Wildman–Crippen LogP) is 3.05. The lowest BCUT2D eigenvalue weighted by molar-refractivity contribution is 0.0961. The minimum absolute atomic E-state index is 0.0214. The van der Waals surface area contributed by atoms with E-state index < -0.39 is 11.5 Å². The van der Waals surface area contributed by atoms with Crippen molar-refractivity contribution in [2.75, 3.05) is 14.2 Å². The molecule has 3 atom stereocenters. The summed E-state index contributed by atoms with van der Waals surface area (Å²) in [6, 6.07) is 8.46. The molecule has 28 heavy (non-hydrogen) atoms. The van der Waals surface area contributed by atoms with E-state index in [0.717, 1.165) is 12.0 Å². The number of hydrogen-bond donors (Lipinski definition) is 1. The molecule has 1 saturated carbocycles. The average Bonchev–Trinajstić information content (AvgIpc) is 3.41. The number of nitrogens with one attached hydrogen (secondary N) is 1. The van der Waals surface area contributed by atoms with Gasteiger partial charge in [0.1, 0.15) is 11.3 Å². The van der Waals surface area contributed by atoms with E-state index in [2.05, 4.69) is 12.2 Å². The van der Waals surface area contributed by atoms with E-state index in [1.54, 1.807) is 13.3 Å². The SMILES string of the molecule is CNC(=O)c1cc(C(=O)C[C@H]2C[C@@H]2C)cn([C@@H](C)c2cccc(OC)c2)c1=O. The minimum Gasteiger partial charge on any atom is -0.497 e. The van der Waals surface area contributed by atoms with Gasteiger partial charge in [0.05, 0.1) is 13.2 Å². The molecule has 0 bridgehead atoms. The number of ketones is 1. The van der Waals surface area contributed by atoms with Crippen LogP contribution in [0.3, 0.4) is 0 Å². The van der Waals surface area contributed by atoms with Gasteiger partial charge in [0.15, 0.2) is 5.78 Å². The third kappa shape index (κ3) is 4.01. The van der Waals surface area contributed by atoms with Gasteiger partial charge in [-0.2, -0.15) is 0 Å². The van der Waals surface area contributed by atoms with E-state index in [0.29, 0.717) is 29.6 Å². The number of carbonyl (C=O) groups is 2. The Labute approximate surface area is 164 Å². The molecular formula is C22H26N2O4. The van der Waals surface area contributed by atoms with E-state index in [1.165, 1.54) is 17.7 Å². The first-order valence-corrected chi connectivity index (χ1v) is 9.51. The van der Waals surface area contributed by atoms with Gasteiger partial charge in [0, 0.05) is 25.2 Å². The summed E-state index contributed by atoms with van der Waals surface area (Å²) >= 11 is 0. The van der Waals surface area contributed by atoms with Gasteiger partial charge in [-0.25, -0.2) is 0 Å². The van der Waals surface area contributed by atoms with Crippen LogP contribution in [-0.4, -0.2) is 30.4 Å². The van der Waals surface area contributed by atoms with Gasteiger partial charge < -0.3 is 14.6 Å². The number of pyridine rings is 1. The quantitative estimate of drug-likeness (QED) is 0.747. The molecule has 1 aliphatic carbocycles. The fraction of sp³-hybridized carbons (Fsp3) is 0.409. The molecule has 0 unspecified atom stereocenters. The molecule has 1 aliphatic rings. The fourth-order valence-corrected chi connectivity index (χ4v) is 3.44. The molecular weight excluding hydrogens is 356 g/mol. The Balaban J connectivity index is 2.05. The van der Waals surface area contributed by atoms with Crippen LogP contribution in [0.1, 0.15) is 59.0 Å².